The van der Waals surface area contributed by atoms with Crippen LogP contribution in [0, 0.1) is 5.92 Å². The van der Waals surface area contributed by atoms with Gasteiger partial charge in [0.15, 0.2) is 0 Å². The molecule has 0 aromatic carbocycles. The summed E-state index contributed by atoms with van der Waals surface area (Å²) in [6.07, 6.45) is 3.04. The molecule has 2 rings (SSSR count). The molecule has 1 aromatic rings. The number of H-pyrrole nitrogens is 1. The molecule has 1 aliphatic heterocycles. The Balaban J connectivity index is 1.79. The van der Waals surface area contributed by atoms with Crippen molar-refractivity contribution < 1.29 is 0 Å². The molecular formula is C11H20N4. The number of piperidine rings is 1. The van der Waals surface area contributed by atoms with E-state index in [1.54, 1.807) is 6.20 Å². The molecule has 2 heterocycles. The van der Waals surface area contributed by atoms with Crippen molar-refractivity contribution in [1.29, 1.82) is 0 Å². The summed E-state index contributed by atoms with van der Waals surface area (Å²) in [6, 6.07) is 2.66. The minimum Gasteiger partial charge on any atom is -0.308 e. The van der Waals surface area contributed by atoms with Gasteiger partial charge in [-0.2, -0.15) is 5.10 Å². The SMILES string of the molecule is CC1CN(C)CCC1NCc1ccn[nH]1. The highest BCUT2D eigenvalue weighted by molar-refractivity contribution is 4.97. The molecule has 4 nitrogen and oxygen atoms in total. The first-order valence-corrected chi connectivity index (χ1v) is 5.66. The summed E-state index contributed by atoms with van der Waals surface area (Å²) in [4.78, 5) is 2.40. The zero-order chi connectivity index (χ0) is 10.7. The largest absolute Gasteiger partial charge is 0.308 e. The van der Waals surface area contributed by atoms with E-state index in [0.29, 0.717) is 6.04 Å². The predicted octanol–water partition coefficient (Wildman–Crippen LogP) is 0.839. The van der Waals surface area contributed by atoms with Crippen LogP contribution in [-0.4, -0.2) is 41.3 Å². The number of hydrogen-bond acceptors (Lipinski definition) is 3. The Bertz CT molecular complexity index is 283. The summed E-state index contributed by atoms with van der Waals surface area (Å²) in [5.41, 5.74) is 1.17. The first kappa shape index (κ1) is 10.6. The fourth-order valence-electron chi connectivity index (χ4n) is 2.28. The second-order valence-corrected chi connectivity index (χ2v) is 4.60. The smallest absolute Gasteiger partial charge is 0.0490 e. The zero-order valence-electron chi connectivity index (χ0n) is 9.53. The van der Waals surface area contributed by atoms with Gasteiger partial charge in [0.1, 0.15) is 0 Å². The number of hydrogen-bond donors (Lipinski definition) is 2. The molecule has 0 aliphatic carbocycles. The molecule has 0 bridgehead atoms. The van der Waals surface area contributed by atoms with Gasteiger partial charge in [0.25, 0.3) is 0 Å². The third kappa shape index (κ3) is 2.79. The van der Waals surface area contributed by atoms with Crippen LogP contribution in [-0.2, 0) is 6.54 Å². The fourth-order valence-corrected chi connectivity index (χ4v) is 2.28. The molecule has 0 amide bonds. The quantitative estimate of drug-likeness (QED) is 0.773. The monoisotopic (exact) mass is 208 g/mol. The normalized spacial score (nSPS) is 28.1. The molecule has 4 heteroatoms. The predicted molar refractivity (Wildman–Crippen MR) is 60.5 cm³/mol. The van der Waals surface area contributed by atoms with E-state index in [9.17, 15) is 0 Å². The van der Waals surface area contributed by atoms with Crippen LogP contribution in [0.2, 0.25) is 0 Å². The molecule has 2 N–H and O–H groups in total. The second-order valence-electron chi connectivity index (χ2n) is 4.60. The molecule has 0 saturated carbocycles. The van der Waals surface area contributed by atoms with Gasteiger partial charge in [-0.3, -0.25) is 5.10 Å². The Kier molecular flexibility index (Phi) is 3.38. The van der Waals surface area contributed by atoms with E-state index in [1.165, 1.54) is 25.2 Å². The van der Waals surface area contributed by atoms with Crippen LogP contribution >= 0.6 is 0 Å². The highest BCUT2D eigenvalue weighted by Crippen LogP contribution is 2.15. The van der Waals surface area contributed by atoms with Gasteiger partial charge in [-0.05, 0) is 32.0 Å². The first-order valence-electron chi connectivity index (χ1n) is 5.66. The van der Waals surface area contributed by atoms with Crippen molar-refractivity contribution >= 4 is 0 Å². The highest BCUT2D eigenvalue weighted by Gasteiger charge is 2.23. The van der Waals surface area contributed by atoms with Gasteiger partial charge in [0.2, 0.25) is 0 Å². The molecule has 84 valence electrons. The summed E-state index contributed by atoms with van der Waals surface area (Å²) >= 11 is 0. The molecule has 2 unspecified atom stereocenters. The van der Waals surface area contributed by atoms with E-state index in [4.69, 9.17) is 0 Å². The highest BCUT2D eigenvalue weighted by atomic mass is 15.1. The summed E-state index contributed by atoms with van der Waals surface area (Å²) in [5, 5.41) is 10.5. The van der Waals surface area contributed by atoms with Gasteiger partial charge < -0.3 is 10.2 Å². The number of rotatable bonds is 3. The van der Waals surface area contributed by atoms with E-state index in [0.717, 1.165) is 12.5 Å². The van der Waals surface area contributed by atoms with Crippen molar-refractivity contribution in [3.8, 4) is 0 Å². The molecular weight excluding hydrogens is 188 g/mol. The van der Waals surface area contributed by atoms with Gasteiger partial charge in [-0.1, -0.05) is 6.92 Å². The van der Waals surface area contributed by atoms with Crippen LogP contribution in [0.15, 0.2) is 12.3 Å². The van der Waals surface area contributed by atoms with Crippen molar-refractivity contribution in [2.75, 3.05) is 20.1 Å². The van der Waals surface area contributed by atoms with Crippen molar-refractivity contribution in [2.24, 2.45) is 5.92 Å². The molecule has 1 saturated heterocycles. The van der Waals surface area contributed by atoms with Gasteiger partial charge in [-0.25, -0.2) is 0 Å². The van der Waals surface area contributed by atoms with Gasteiger partial charge in [0.05, 0.1) is 0 Å². The molecule has 0 spiro atoms. The molecule has 0 radical (unpaired) electrons. The lowest BCUT2D eigenvalue weighted by molar-refractivity contribution is 0.174. The number of likely N-dealkylation sites (tertiary alicyclic amines) is 1. The van der Waals surface area contributed by atoms with E-state index >= 15 is 0 Å². The number of nitrogens with one attached hydrogen (secondary N) is 2. The van der Waals surface area contributed by atoms with Crippen molar-refractivity contribution in [3.63, 3.8) is 0 Å². The van der Waals surface area contributed by atoms with Crippen molar-refractivity contribution in [1.82, 2.24) is 20.4 Å². The third-order valence-corrected chi connectivity index (χ3v) is 3.22. The van der Waals surface area contributed by atoms with Crippen LogP contribution in [0.4, 0.5) is 0 Å². The third-order valence-electron chi connectivity index (χ3n) is 3.22. The second kappa shape index (κ2) is 4.77. The lowest BCUT2D eigenvalue weighted by atomic mass is 9.94. The molecule has 1 aliphatic rings. The van der Waals surface area contributed by atoms with E-state index < -0.39 is 0 Å². The van der Waals surface area contributed by atoms with E-state index in [-0.39, 0.29) is 0 Å². The minimum atomic E-state index is 0.643. The van der Waals surface area contributed by atoms with Gasteiger partial charge in [0, 0.05) is 31.0 Å². The van der Waals surface area contributed by atoms with Gasteiger partial charge in [-0.15, -0.1) is 0 Å². The van der Waals surface area contributed by atoms with Crippen LogP contribution in [0.3, 0.4) is 0 Å². The summed E-state index contributed by atoms with van der Waals surface area (Å²) < 4.78 is 0. The van der Waals surface area contributed by atoms with Crippen LogP contribution in [0.5, 0.6) is 0 Å². The standard InChI is InChI=1S/C11H20N4/c1-9-8-15(2)6-4-11(9)12-7-10-3-5-13-14-10/h3,5,9,11-12H,4,6-8H2,1-2H3,(H,13,14). The maximum Gasteiger partial charge on any atom is 0.0490 e. The van der Waals surface area contributed by atoms with Crippen molar-refractivity contribution in [3.05, 3.63) is 18.0 Å². The lowest BCUT2D eigenvalue weighted by Crippen LogP contribution is -2.46. The fraction of sp³-hybridized carbons (Fsp3) is 0.727. The average molecular weight is 208 g/mol. The summed E-state index contributed by atoms with van der Waals surface area (Å²) in [6.45, 7) is 5.62. The maximum atomic E-state index is 3.94. The van der Waals surface area contributed by atoms with Crippen molar-refractivity contribution in [2.45, 2.75) is 25.9 Å². The Labute approximate surface area is 91.1 Å². The summed E-state index contributed by atoms with van der Waals surface area (Å²) in [7, 11) is 2.20. The molecule has 15 heavy (non-hydrogen) atoms. The minimum absolute atomic E-state index is 0.643. The Morgan fingerprint density at radius 3 is 3.20 bits per heavy atom. The summed E-state index contributed by atoms with van der Waals surface area (Å²) in [5.74, 6) is 0.728. The maximum absolute atomic E-state index is 3.94. The van der Waals surface area contributed by atoms with Gasteiger partial charge >= 0.3 is 0 Å². The molecule has 1 fully saturated rings. The van der Waals surface area contributed by atoms with Crippen LogP contribution < -0.4 is 5.32 Å². The zero-order valence-corrected chi connectivity index (χ0v) is 9.53. The Morgan fingerprint density at radius 2 is 2.53 bits per heavy atom. The Morgan fingerprint density at radius 1 is 1.67 bits per heavy atom. The molecule has 2 atom stereocenters. The lowest BCUT2D eigenvalue weighted by Gasteiger charge is -2.35. The van der Waals surface area contributed by atoms with E-state index in [2.05, 4.69) is 34.4 Å². The number of aromatic nitrogens is 2. The number of aromatic amines is 1. The average Bonchev–Trinajstić information content (AvgIpc) is 2.69. The first-order chi connectivity index (χ1) is 7.25. The van der Waals surface area contributed by atoms with Crippen LogP contribution in [0.25, 0.3) is 0 Å². The molecule has 1 aromatic heterocycles. The Hall–Kier alpha value is -0.870. The van der Waals surface area contributed by atoms with E-state index in [1.807, 2.05) is 6.07 Å². The number of nitrogens with zero attached hydrogens (tertiary/aromatic N) is 2. The van der Waals surface area contributed by atoms with Crippen LogP contribution in [0.1, 0.15) is 19.0 Å². The topological polar surface area (TPSA) is 44.0 Å².